The number of hydrogen-bond donors (Lipinski definition) is 0. The summed E-state index contributed by atoms with van der Waals surface area (Å²) in [7, 11) is 0. The van der Waals surface area contributed by atoms with Crippen molar-refractivity contribution in [1.29, 1.82) is 0 Å². The fourth-order valence-corrected chi connectivity index (χ4v) is 10.3. The average Bonchev–Trinajstić information content (AvgIpc) is 3.53. The van der Waals surface area contributed by atoms with E-state index in [4.69, 9.17) is 9.40 Å². The number of rotatable bonds is 8. The fraction of sp³-hybridized carbons (Fsp3) is 0.292. The second-order valence-corrected chi connectivity index (χ2v) is 27.0. The van der Waals surface area contributed by atoms with Crippen LogP contribution in [0.25, 0.3) is 55.6 Å². The van der Waals surface area contributed by atoms with E-state index in [-0.39, 0.29) is 25.5 Å². The summed E-state index contributed by atoms with van der Waals surface area (Å²) in [6.45, 7) is 13.8. The molecule has 7 aromatic rings. The van der Waals surface area contributed by atoms with Crippen molar-refractivity contribution in [1.82, 2.24) is 9.97 Å². The first-order chi connectivity index (χ1) is 24.8. The van der Waals surface area contributed by atoms with Crippen LogP contribution in [0.3, 0.4) is 0 Å². The molecule has 0 unspecified atom stereocenters. The summed E-state index contributed by atoms with van der Waals surface area (Å²) in [6, 6.07) is 42.3. The van der Waals surface area contributed by atoms with Crippen molar-refractivity contribution in [3.8, 4) is 33.6 Å². The smallest absolute Gasteiger partial charge is 0.121 e. The molecule has 3 nitrogen and oxygen atoms in total. The van der Waals surface area contributed by atoms with Crippen molar-refractivity contribution in [2.45, 2.75) is 83.5 Å². The number of nitrogens with zero attached hydrogens (tertiary/aromatic N) is 2. The molecule has 0 aliphatic heterocycles. The normalized spacial score (nSPS) is 11.9. The van der Waals surface area contributed by atoms with Crippen LogP contribution in [0.4, 0.5) is 0 Å². The van der Waals surface area contributed by atoms with Crippen LogP contribution in [0.5, 0.6) is 0 Å². The minimum Gasteiger partial charge on any atom is -0.500 e. The van der Waals surface area contributed by atoms with E-state index in [1.165, 1.54) is 26.6 Å². The zero-order valence-electron chi connectivity index (χ0n) is 32.7. The van der Waals surface area contributed by atoms with Crippen LogP contribution in [-0.2, 0) is 31.9 Å². The molecule has 1 radical (unpaired) electrons. The first kappa shape index (κ1) is 40.4. The van der Waals surface area contributed by atoms with Crippen molar-refractivity contribution in [3.63, 3.8) is 0 Å². The summed E-state index contributed by atoms with van der Waals surface area (Å²) in [4.78, 5) is 9.40. The van der Waals surface area contributed by atoms with Crippen molar-refractivity contribution in [3.05, 3.63) is 139 Å². The number of hydrogen-bond acceptors (Lipinski definition) is 3. The molecule has 0 bridgehead atoms. The maximum absolute atomic E-state index is 6.17. The first-order valence-electron chi connectivity index (χ1n) is 18.7. The van der Waals surface area contributed by atoms with Crippen molar-refractivity contribution < 1.29 is 24.5 Å². The van der Waals surface area contributed by atoms with E-state index in [9.17, 15) is 0 Å². The van der Waals surface area contributed by atoms with Gasteiger partial charge in [0.15, 0.2) is 0 Å². The number of benzene rings is 4. The Balaban J connectivity index is 0.000000216. The average molecular weight is 938 g/mol. The summed E-state index contributed by atoms with van der Waals surface area (Å²) < 4.78 is 7.70. The molecule has 4 aromatic carbocycles. The zero-order chi connectivity index (χ0) is 37.1. The number of furan rings is 1. The van der Waals surface area contributed by atoms with E-state index >= 15 is 0 Å². The summed E-state index contributed by atoms with van der Waals surface area (Å²) in [5.74, 6) is 7.33. The van der Waals surface area contributed by atoms with Gasteiger partial charge in [0.2, 0.25) is 0 Å². The largest absolute Gasteiger partial charge is 0.500 e. The van der Waals surface area contributed by atoms with Crippen LogP contribution in [0, 0.1) is 17.5 Å². The van der Waals surface area contributed by atoms with Gasteiger partial charge < -0.3 is 9.40 Å². The Kier molecular flexibility index (Phi) is 12.7. The molecule has 3 heterocycles. The molecule has 0 spiro atoms. The molecular formula is C48H52GeIrN2O-2. The Morgan fingerprint density at radius 3 is 2.09 bits per heavy atom. The summed E-state index contributed by atoms with van der Waals surface area (Å²) >= 11 is -1.90. The second-order valence-electron chi connectivity index (χ2n) is 16.5. The molecule has 275 valence electrons. The Labute approximate surface area is 333 Å². The van der Waals surface area contributed by atoms with Crippen LogP contribution < -0.4 is 4.40 Å². The minimum absolute atomic E-state index is 0. The van der Waals surface area contributed by atoms with E-state index < -0.39 is 13.3 Å². The predicted octanol–water partition coefficient (Wildman–Crippen LogP) is 12.9. The number of pyridine rings is 2. The molecule has 0 aliphatic carbocycles. The molecule has 3 aromatic heterocycles. The SMILES string of the molecule is CC(C)(C)Cc1cc(-c2[c-]cccc2)nc[c]1[Ge]([CH3])([CH3])[CH3].CCC(C)(CC)c1ccnc(-c2[c-]cc3oc4cccc(-c5ccccc5)c4c3c2)c1.[Ir]. The number of aromatic nitrogens is 2. The van der Waals surface area contributed by atoms with Crippen LogP contribution in [0.2, 0.25) is 17.3 Å². The number of fused-ring (bicyclic) bond motifs is 3. The zero-order valence-corrected chi connectivity index (χ0v) is 37.2. The van der Waals surface area contributed by atoms with Crippen molar-refractivity contribution in [2.75, 3.05) is 0 Å². The van der Waals surface area contributed by atoms with E-state index in [0.29, 0.717) is 5.41 Å². The monoisotopic (exact) mass is 939 g/mol. The molecule has 5 heteroatoms. The van der Waals surface area contributed by atoms with Crippen LogP contribution >= 0.6 is 0 Å². The molecule has 0 saturated carbocycles. The molecule has 0 amide bonds. The maximum Gasteiger partial charge on any atom is 0.121 e. The molecule has 7 rings (SSSR count). The van der Waals surface area contributed by atoms with Gasteiger partial charge in [-0.2, -0.15) is 0 Å². The molecular weight excluding hydrogens is 885 g/mol. The van der Waals surface area contributed by atoms with Gasteiger partial charge in [-0.25, -0.2) is 0 Å². The Morgan fingerprint density at radius 2 is 1.43 bits per heavy atom. The van der Waals surface area contributed by atoms with E-state index in [2.05, 4.69) is 149 Å². The maximum atomic E-state index is 6.17. The molecule has 0 saturated heterocycles. The second kappa shape index (κ2) is 16.7. The van der Waals surface area contributed by atoms with E-state index in [1.54, 1.807) is 0 Å². The summed E-state index contributed by atoms with van der Waals surface area (Å²) in [5.41, 5.74) is 11.5. The van der Waals surface area contributed by atoms with E-state index in [1.807, 2.05) is 42.6 Å². The molecule has 0 N–H and O–H groups in total. The van der Waals surface area contributed by atoms with Gasteiger partial charge in [0, 0.05) is 31.7 Å². The van der Waals surface area contributed by atoms with Gasteiger partial charge in [0.25, 0.3) is 0 Å². The van der Waals surface area contributed by atoms with Crippen molar-refractivity contribution in [2.24, 2.45) is 5.41 Å². The quantitative estimate of drug-likeness (QED) is 0.113. The van der Waals surface area contributed by atoms with Crippen LogP contribution in [0.15, 0.2) is 120 Å². The van der Waals surface area contributed by atoms with Gasteiger partial charge in [0.1, 0.15) is 5.58 Å². The molecule has 53 heavy (non-hydrogen) atoms. The van der Waals surface area contributed by atoms with Crippen LogP contribution in [-0.4, -0.2) is 23.2 Å². The summed E-state index contributed by atoms with van der Waals surface area (Å²) in [5, 5.41) is 2.24. The molecule has 0 atom stereocenters. The predicted molar refractivity (Wildman–Crippen MR) is 224 cm³/mol. The minimum atomic E-state index is -1.90. The van der Waals surface area contributed by atoms with Gasteiger partial charge >= 0.3 is 132 Å². The van der Waals surface area contributed by atoms with Gasteiger partial charge in [-0.15, -0.1) is 23.8 Å². The third-order valence-corrected chi connectivity index (χ3v) is 14.6. The van der Waals surface area contributed by atoms with Gasteiger partial charge in [-0.1, -0.05) is 74.7 Å². The van der Waals surface area contributed by atoms with Gasteiger partial charge in [-0.3, -0.25) is 0 Å². The Bertz CT molecular complexity index is 2280. The standard InChI is InChI=1S/C29H26NO.C19H26GeN.Ir/c1-4-29(3,5-2)22-16-17-30-25(19-22)21-14-15-26-24(18-21)28-23(12-9-13-27(28)31-26)20-10-7-6-8-11-20;1-19(2,3)13-16-12-18(15-10-8-7-9-11-15)21-14-17(16)20(4,5)6;/h6-13,15-19H,4-5H2,1-3H3;7-10,12,14H,13H2,1-6H3;/q2*-1;. The Morgan fingerprint density at radius 1 is 0.717 bits per heavy atom. The van der Waals surface area contributed by atoms with E-state index in [0.717, 1.165) is 63.7 Å². The fourth-order valence-electron chi connectivity index (χ4n) is 6.98. The topological polar surface area (TPSA) is 38.9 Å². The first-order valence-corrected chi connectivity index (χ1v) is 26.0. The van der Waals surface area contributed by atoms with Gasteiger partial charge in [0.05, 0.1) is 5.58 Å². The van der Waals surface area contributed by atoms with Gasteiger partial charge in [-0.05, 0) is 52.8 Å². The van der Waals surface area contributed by atoms with Crippen molar-refractivity contribution >= 4 is 39.6 Å². The Hall–Kier alpha value is -3.83. The summed E-state index contributed by atoms with van der Waals surface area (Å²) in [6.07, 6.45) is 7.37. The third kappa shape index (κ3) is 9.28. The third-order valence-electron chi connectivity index (χ3n) is 10.3. The molecule has 0 aliphatic rings. The molecule has 0 fully saturated rings. The van der Waals surface area contributed by atoms with Crippen LogP contribution in [0.1, 0.15) is 65.5 Å².